The number of thioether (sulfide) groups is 1. The minimum atomic E-state index is 0.180. The van der Waals surface area contributed by atoms with E-state index in [0.717, 1.165) is 25.3 Å². The molecule has 1 fully saturated rings. The fourth-order valence-electron chi connectivity index (χ4n) is 3.38. The van der Waals surface area contributed by atoms with E-state index in [-0.39, 0.29) is 5.91 Å². The molecule has 0 unspecified atom stereocenters. The molecule has 7 heteroatoms. The Kier molecular flexibility index (Phi) is 4.39. The SMILES string of the molecule is O=C(CSc1n[nH]c(C2CCCC2)n1)N1CCc2sccc2C1. The fraction of sp³-hybridized carbons (Fsp3) is 0.562. The summed E-state index contributed by atoms with van der Waals surface area (Å²) >= 11 is 3.24. The highest BCUT2D eigenvalue weighted by molar-refractivity contribution is 7.99. The molecule has 1 aliphatic heterocycles. The van der Waals surface area contributed by atoms with Gasteiger partial charge >= 0.3 is 0 Å². The Hall–Kier alpha value is -1.34. The van der Waals surface area contributed by atoms with Gasteiger partial charge < -0.3 is 4.90 Å². The minimum absolute atomic E-state index is 0.180. The van der Waals surface area contributed by atoms with Crippen molar-refractivity contribution in [2.75, 3.05) is 12.3 Å². The maximum atomic E-state index is 12.4. The first kappa shape index (κ1) is 15.2. The van der Waals surface area contributed by atoms with Crippen molar-refractivity contribution >= 4 is 29.0 Å². The van der Waals surface area contributed by atoms with Gasteiger partial charge in [0.05, 0.1) is 5.75 Å². The van der Waals surface area contributed by atoms with Gasteiger partial charge in [0, 0.05) is 23.9 Å². The minimum Gasteiger partial charge on any atom is -0.337 e. The van der Waals surface area contributed by atoms with Gasteiger partial charge in [0.2, 0.25) is 11.1 Å². The summed E-state index contributed by atoms with van der Waals surface area (Å²) in [6, 6.07) is 2.13. The number of thiophene rings is 1. The van der Waals surface area contributed by atoms with Crippen molar-refractivity contribution in [1.29, 1.82) is 0 Å². The number of nitrogens with one attached hydrogen (secondary N) is 1. The van der Waals surface area contributed by atoms with Crippen molar-refractivity contribution < 1.29 is 4.79 Å². The number of H-pyrrole nitrogens is 1. The van der Waals surface area contributed by atoms with Gasteiger partial charge in [0.15, 0.2) is 0 Å². The molecule has 0 spiro atoms. The maximum Gasteiger partial charge on any atom is 0.233 e. The standard InChI is InChI=1S/C16H20N4OS2/c21-14(20-7-5-13-12(9-20)6-8-22-13)10-23-16-17-15(18-19-16)11-3-1-2-4-11/h6,8,11H,1-5,7,9-10H2,(H,17,18,19). The summed E-state index contributed by atoms with van der Waals surface area (Å²) in [7, 11) is 0. The third kappa shape index (κ3) is 3.30. The molecular weight excluding hydrogens is 328 g/mol. The molecule has 5 nitrogen and oxygen atoms in total. The van der Waals surface area contributed by atoms with Gasteiger partial charge in [-0.2, -0.15) is 0 Å². The summed E-state index contributed by atoms with van der Waals surface area (Å²) in [5.41, 5.74) is 1.31. The average Bonchev–Trinajstić information content (AvgIpc) is 3.32. The van der Waals surface area contributed by atoms with Crippen molar-refractivity contribution in [1.82, 2.24) is 20.1 Å². The van der Waals surface area contributed by atoms with Crippen molar-refractivity contribution in [3.63, 3.8) is 0 Å². The first-order chi connectivity index (χ1) is 11.3. The Balaban J connectivity index is 1.31. The molecular formula is C16H20N4OS2. The number of nitrogens with zero attached hydrogens (tertiary/aromatic N) is 3. The van der Waals surface area contributed by atoms with Gasteiger partial charge in [-0.05, 0) is 36.3 Å². The van der Waals surface area contributed by atoms with Crippen LogP contribution in [0.1, 0.15) is 47.9 Å². The van der Waals surface area contributed by atoms with E-state index >= 15 is 0 Å². The first-order valence-electron chi connectivity index (χ1n) is 8.18. The van der Waals surface area contributed by atoms with Crippen LogP contribution in [0.2, 0.25) is 0 Å². The van der Waals surface area contributed by atoms with Gasteiger partial charge in [0.1, 0.15) is 5.82 Å². The summed E-state index contributed by atoms with van der Waals surface area (Å²) in [6.45, 7) is 1.58. The Bertz CT molecular complexity index is 690. The molecule has 3 heterocycles. The Morgan fingerprint density at radius 1 is 1.43 bits per heavy atom. The molecule has 0 radical (unpaired) electrons. The Morgan fingerprint density at radius 3 is 3.17 bits per heavy atom. The molecule has 1 saturated carbocycles. The van der Waals surface area contributed by atoms with Crippen molar-refractivity contribution in [3.8, 4) is 0 Å². The quantitative estimate of drug-likeness (QED) is 0.862. The van der Waals surface area contributed by atoms with E-state index in [9.17, 15) is 4.79 Å². The summed E-state index contributed by atoms with van der Waals surface area (Å²) < 4.78 is 0. The molecule has 0 aromatic carbocycles. The van der Waals surface area contributed by atoms with Crippen LogP contribution in [-0.2, 0) is 17.8 Å². The average molecular weight is 348 g/mol. The normalized spacial score (nSPS) is 18.3. The highest BCUT2D eigenvalue weighted by Crippen LogP contribution is 2.32. The molecule has 0 atom stereocenters. The van der Waals surface area contributed by atoms with Crippen LogP contribution in [0.5, 0.6) is 0 Å². The topological polar surface area (TPSA) is 61.9 Å². The lowest BCUT2D eigenvalue weighted by Crippen LogP contribution is -2.36. The lowest BCUT2D eigenvalue weighted by atomic mass is 10.1. The summed E-state index contributed by atoms with van der Waals surface area (Å²) in [5, 5.41) is 10.1. The van der Waals surface area contributed by atoms with E-state index in [1.54, 1.807) is 11.3 Å². The number of rotatable bonds is 4. The largest absolute Gasteiger partial charge is 0.337 e. The van der Waals surface area contributed by atoms with E-state index < -0.39 is 0 Å². The van der Waals surface area contributed by atoms with Gasteiger partial charge in [-0.1, -0.05) is 24.6 Å². The van der Waals surface area contributed by atoms with E-state index in [1.807, 2.05) is 4.90 Å². The predicted octanol–water partition coefficient (Wildman–Crippen LogP) is 3.20. The van der Waals surface area contributed by atoms with Crippen molar-refractivity contribution in [3.05, 3.63) is 27.7 Å². The third-order valence-electron chi connectivity index (χ3n) is 4.71. The van der Waals surface area contributed by atoms with Crippen LogP contribution < -0.4 is 0 Å². The van der Waals surface area contributed by atoms with Gasteiger partial charge in [-0.15, -0.1) is 16.4 Å². The summed E-state index contributed by atoms with van der Waals surface area (Å²) in [4.78, 5) is 20.4. The molecule has 1 N–H and O–H groups in total. The third-order valence-corrected chi connectivity index (χ3v) is 6.56. The monoisotopic (exact) mass is 348 g/mol. The second kappa shape index (κ2) is 6.65. The number of carbonyl (C=O) groups excluding carboxylic acids is 1. The molecule has 1 amide bonds. The molecule has 122 valence electrons. The van der Waals surface area contributed by atoms with Crippen LogP contribution in [-0.4, -0.2) is 38.3 Å². The van der Waals surface area contributed by atoms with E-state index in [4.69, 9.17) is 0 Å². The van der Waals surface area contributed by atoms with E-state index in [1.165, 1.54) is 47.9 Å². The Morgan fingerprint density at radius 2 is 2.30 bits per heavy atom. The number of fused-ring (bicyclic) bond motifs is 1. The van der Waals surface area contributed by atoms with Crippen LogP contribution in [0.3, 0.4) is 0 Å². The number of carbonyl (C=O) groups is 1. The van der Waals surface area contributed by atoms with Crippen molar-refractivity contribution in [2.24, 2.45) is 0 Å². The number of aromatic amines is 1. The fourth-order valence-corrected chi connectivity index (χ4v) is 4.98. The predicted molar refractivity (Wildman–Crippen MR) is 91.8 cm³/mol. The van der Waals surface area contributed by atoms with Gasteiger partial charge in [-0.3, -0.25) is 9.89 Å². The zero-order valence-corrected chi connectivity index (χ0v) is 14.6. The number of amides is 1. The van der Waals surface area contributed by atoms with Crippen LogP contribution >= 0.6 is 23.1 Å². The van der Waals surface area contributed by atoms with Crippen molar-refractivity contribution in [2.45, 2.75) is 49.7 Å². The summed E-state index contributed by atoms with van der Waals surface area (Å²) in [5.74, 6) is 2.13. The van der Waals surface area contributed by atoms with Crippen LogP contribution in [0.15, 0.2) is 16.6 Å². The van der Waals surface area contributed by atoms with Gasteiger partial charge in [0.25, 0.3) is 0 Å². The molecule has 0 bridgehead atoms. The molecule has 2 aliphatic rings. The molecule has 2 aromatic rings. The van der Waals surface area contributed by atoms with E-state index in [2.05, 4.69) is 26.6 Å². The molecule has 0 saturated heterocycles. The lowest BCUT2D eigenvalue weighted by molar-refractivity contribution is -0.129. The molecule has 23 heavy (non-hydrogen) atoms. The highest BCUT2D eigenvalue weighted by Gasteiger charge is 2.23. The summed E-state index contributed by atoms with van der Waals surface area (Å²) in [6.07, 6.45) is 5.96. The van der Waals surface area contributed by atoms with E-state index in [0.29, 0.717) is 16.8 Å². The van der Waals surface area contributed by atoms with Crippen LogP contribution in [0.25, 0.3) is 0 Å². The first-order valence-corrected chi connectivity index (χ1v) is 10.0. The van der Waals surface area contributed by atoms with Crippen LogP contribution in [0, 0.1) is 0 Å². The second-order valence-corrected chi connectivity index (χ2v) is 8.15. The smallest absolute Gasteiger partial charge is 0.233 e. The molecule has 1 aliphatic carbocycles. The number of aromatic nitrogens is 3. The highest BCUT2D eigenvalue weighted by atomic mass is 32.2. The maximum absolute atomic E-state index is 12.4. The number of hydrogen-bond donors (Lipinski definition) is 1. The van der Waals surface area contributed by atoms with Crippen LogP contribution in [0.4, 0.5) is 0 Å². The van der Waals surface area contributed by atoms with Gasteiger partial charge in [-0.25, -0.2) is 4.98 Å². The lowest BCUT2D eigenvalue weighted by Gasteiger charge is -2.26. The zero-order chi connectivity index (χ0) is 15.6. The molecule has 4 rings (SSSR count). The second-order valence-electron chi connectivity index (χ2n) is 6.21. The molecule has 2 aromatic heterocycles. The Labute approximate surface area is 143 Å². The zero-order valence-electron chi connectivity index (χ0n) is 13.0. The number of hydrogen-bond acceptors (Lipinski definition) is 5.